The predicted molar refractivity (Wildman–Crippen MR) is 84.1 cm³/mol. The normalized spacial score (nSPS) is 11.0. The maximum atomic E-state index is 13.8. The van der Waals surface area contributed by atoms with E-state index in [1.807, 2.05) is 24.3 Å². The number of fused-ring (bicyclic) bond motifs is 1. The van der Waals surface area contributed by atoms with Crippen LogP contribution < -0.4 is 0 Å². The summed E-state index contributed by atoms with van der Waals surface area (Å²) in [5, 5.41) is 1.03. The van der Waals surface area contributed by atoms with E-state index in [4.69, 9.17) is 11.6 Å². The summed E-state index contributed by atoms with van der Waals surface area (Å²) >= 11 is 6.26. The van der Waals surface area contributed by atoms with Crippen molar-refractivity contribution < 1.29 is 4.39 Å². The molecule has 0 aliphatic rings. The minimum Gasteiger partial charge on any atom is -0.228 e. The van der Waals surface area contributed by atoms with E-state index in [9.17, 15) is 4.39 Å². The van der Waals surface area contributed by atoms with Crippen molar-refractivity contribution in [3.8, 4) is 11.4 Å². The van der Waals surface area contributed by atoms with E-state index in [-0.39, 0.29) is 5.82 Å². The van der Waals surface area contributed by atoms with E-state index in [2.05, 4.69) is 16.9 Å². The summed E-state index contributed by atoms with van der Waals surface area (Å²) in [4.78, 5) is 8.86. The van der Waals surface area contributed by atoms with Crippen molar-refractivity contribution in [2.45, 2.75) is 20.3 Å². The van der Waals surface area contributed by atoms with E-state index in [0.717, 1.165) is 17.5 Å². The first kappa shape index (κ1) is 14.0. The molecule has 0 unspecified atom stereocenters. The Morgan fingerprint density at radius 1 is 1.14 bits per heavy atom. The second-order valence-electron chi connectivity index (χ2n) is 4.97. The van der Waals surface area contributed by atoms with Gasteiger partial charge in [0.1, 0.15) is 11.0 Å². The molecule has 2 nitrogen and oxygen atoms in total. The number of hydrogen-bond acceptors (Lipinski definition) is 2. The van der Waals surface area contributed by atoms with Gasteiger partial charge in [-0.2, -0.15) is 0 Å². The summed E-state index contributed by atoms with van der Waals surface area (Å²) in [7, 11) is 0. The molecule has 0 aliphatic carbocycles. The quantitative estimate of drug-likeness (QED) is 0.625. The average molecular weight is 301 g/mol. The van der Waals surface area contributed by atoms with Crippen LogP contribution in [-0.2, 0) is 6.42 Å². The Kier molecular flexibility index (Phi) is 3.60. The first-order chi connectivity index (χ1) is 10.1. The number of benzene rings is 2. The Labute approximate surface area is 127 Å². The minimum absolute atomic E-state index is 0.285. The minimum atomic E-state index is -0.285. The van der Waals surface area contributed by atoms with Crippen molar-refractivity contribution in [3.63, 3.8) is 0 Å². The summed E-state index contributed by atoms with van der Waals surface area (Å²) in [6.45, 7) is 3.77. The molecule has 0 fully saturated rings. The van der Waals surface area contributed by atoms with Crippen LogP contribution in [0.2, 0.25) is 5.15 Å². The van der Waals surface area contributed by atoms with Gasteiger partial charge in [0.2, 0.25) is 0 Å². The number of halogens is 2. The lowest BCUT2D eigenvalue weighted by Gasteiger charge is -2.09. The summed E-state index contributed by atoms with van der Waals surface area (Å²) in [6, 6.07) is 11.0. The highest BCUT2D eigenvalue weighted by Gasteiger charge is 2.12. The number of hydrogen-bond donors (Lipinski definition) is 0. The third kappa shape index (κ3) is 2.49. The molecule has 0 spiro atoms. The maximum absolute atomic E-state index is 13.8. The lowest BCUT2D eigenvalue weighted by molar-refractivity contribution is 0.620. The van der Waals surface area contributed by atoms with E-state index >= 15 is 0 Å². The van der Waals surface area contributed by atoms with Gasteiger partial charge in [-0.1, -0.05) is 42.8 Å². The zero-order chi connectivity index (χ0) is 15.0. The summed E-state index contributed by atoms with van der Waals surface area (Å²) in [5.74, 6) is 0.250. The second kappa shape index (κ2) is 5.41. The van der Waals surface area contributed by atoms with Gasteiger partial charge in [-0.3, -0.25) is 0 Å². The Morgan fingerprint density at radius 2 is 1.90 bits per heavy atom. The molecule has 0 amide bonds. The van der Waals surface area contributed by atoms with Gasteiger partial charge in [-0.25, -0.2) is 14.4 Å². The van der Waals surface area contributed by atoms with Crippen molar-refractivity contribution in [1.82, 2.24) is 9.97 Å². The predicted octanol–water partition coefficient (Wildman–Crippen LogP) is 4.96. The highest BCUT2D eigenvalue weighted by Crippen LogP contribution is 2.28. The number of aromatic nitrogens is 2. The van der Waals surface area contributed by atoms with Gasteiger partial charge in [-0.15, -0.1) is 0 Å². The first-order valence-electron chi connectivity index (χ1n) is 6.82. The SMILES string of the molecule is CCc1ccccc1-c1nc(Cl)c2cc(C)c(F)cc2n1. The van der Waals surface area contributed by atoms with Crippen LogP contribution in [0.3, 0.4) is 0 Å². The van der Waals surface area contributed by atoms with Crippen molar-refractivity contribution in [2.24, 2.45) is 0 Å². The van der Waals surface area contributed by atoms with Crippen LogP contribution in [0.4, 0.5) is 4.39 Å². The molecular formula is C17H14ClFN2. The number of aryl methyl sites for hydroxylation is 2. The first-order valence-corrected chi connectivity index (χ1v) is 7.19. The van der Waals surface area contributed by atoms with Crippen molar-refractivity contribution in [2.75, 3.05) is 0 Å². The molecule has 4 heteroatoms. The molecule has 0 atom stereocenters. The third-order valence-electron chi connectivity index (χ3n) is 3.57. The van der Waals surface area contributed by atoms with Gasteiger partial charge in [0.25, 0.3) is 0 Å². The highest BCUT2D eigenvalue weighted by molar-refractivity contribution is 6.34. The van der Waals surface area contributed by atoms with E-state index < -0.39 is 0 Å². The Morgan fingerprint density at radius 3 is 2.67 bits per heavy atom. The molecule has 0 saturated heterocycles. The van der Waals surface area contributed by atoms with Crippen molar-refractivity contribution in [1.29, 1.82) is 0 Å². The molecule has 0 bridgehead atoms. The molecular weight excluding hydrogens is 287 g/mol. The standard InChI is InChI=1S/C17H14ClFN2/c1-3-11-6-4-5-7-12(11)17-20-15-9-14(19)10(2)8-13(15)16(18)21-17/h4-9H,3H2,1-2H3. The van der Waals surface area contributed by atoms with Crippen LogP contribution in [0.1, 0.15) is 18.1 Å². The third-order valence-corrected chi connectivity index (χ3v) is 3.86. The lowest BCUT2D eigenvalue weighted by Crippen LogP contribution is -1.96. The molecule has 0 saturated carbocycles. The highest BCUT2D eigenvalue weighted by atomic mass is 35.5. The molecule has 1 heterocycles. The molecule has 0 radical (unpaired) electrons. The molecule has 3 rings (SSSR count). The largest absolute Gasteiger partial charge is 0.228 e. The molecule has 3 aromatic rings. The Bertz CT molecular complexity index is 830. The molecule has 1 aromatic heterocycles. The van der Waals surface area contributed by atoms with E-state index in [0.29, 0.717) is 27.4 Å². The summed E-state index contributed by atoms with van der Waals surface area (Å²) < 4.78 is 13.8. The molecule has 2 aromatic carbocycles. The van der Waals surface area contributed by atoms with E-state index in [1.54, 1.807) is 13.0 Å². The van der Waals surface area contributed by atoms with Gasteiger partial charge in [0.05, 0.1) is 5.52 Å². The summed E-state index contributed by atoms with van der Waals surface area (Å²) in [5.41, 5.74) is 3.14. The van der Waals surface area contributed by atoms with Gasteiger partial charge in [0.15, 0.2) is 5.82 Å². The molecule has 21 heavy (non-hydrogen) atoms. The molecule has 0 aliphatic heterocycles. The van der Waals surface area contributed by atoms with Crippen LogP contribution in [0, 0.1) is 12.7 Å². The smallest absolute Gasteiger partial charge is 0.161 e. The monoisotopic (exact) mass is 300 g/mol. The van der Waals surface area contributed by atoms with Gasteiger partial charge < -0.3 is 0 Å². The van der Waals surface area contributed by atoms with Crippen LogP contribution >= 0.6 is 11.6 Å². The fourth-order valence-corrected chi connectivity index (χ4v) is 2.62. The second-order valence-corrected chi connectivity index (χ2v) is 5.33. The van der Waals surface area contributed by atoms with Crippen LogP contribution in [0.15, 0.2) is 36.4 Å². The Hall–Kier alpha value is -2.00. The maximum Gasteiger partial charge on any atom is 0.161 e. The fourth-order valence-electron chi connectivity index (χ4n) is 2.39. The van der Waals surface area contributed by atoms with Gasteiger partial charge >= 0.3 is 0 Å². The van der Waals surface area contributed by atoms with Crippen LogP contribution in [0.5, 0.6) is 0 Å². The van der Waals surface area contributed by atoms with Crippen LogP contribution in [-0.4, -0.2) is 9.97 Å². The Balaban J connectivity index is 2.27. The zero-order valence-electron chi connectivity index (χ0n) is 11.8. The van der Waals surface area contributed by atoms with E-state index in [1.165, 1.54) is 6.07 Å². The summed E-state index contributed by atoms with van der Waals surface area (Å²) in [6.07, 6.45) is 0.872. The fraction of sp³-hybridized carbons (Fsp3) is 0.176. The lowest BCUT2D eigenvalue weighted by atomic mass is 10.0. The van der Waals surface area contributed by atoms with Crippen molar-refractivity contribution >= 4 is 22.5 Å². The molecule has 0 N–H and O–H groups in total. The van der Waals surface area contributed by atoms with Crippen LogP contribution in [0.25, 0.3) is 22.3 Å². The van der Waals surface area contributed by atoms with Crippen molar-refractivity contribution in [3.05, 3.63) is 58.5 Å². The average Bonchev–Trinajstić information content (AvgIpc) is 2.49. The van der Waals surface area contributed by atoms with Gasteiger partial charge in [-0.05, 0) is 30.5 Å². The number of rotatable bonds is 2. The topological polar surface area (TPSA) is 25.8 Å². The molecule has 106 valence electrons. The van der Waals surface area contributed by atoms with Gasteiger partial charge in [0, 0.05) is 17.0 Å². The number of nitrogens with zero attached hydrogens (tertiary/aromatic N) is 2. The zero-order valence-corrected chi connectivity index (χ0v) is 12.6.